The van der Waals surface area contributed by atoms with Crippen LogP contribution in [0.25, 0.3) is 0 Å². The van der Waals surface area contributed by atoms with E-state index in [2.05, 4.69) is 0 Å². The van der Waals surface area contributed by atoms with Gasteiger partial charge in [-0.2, -0.15) is 5.26 Å². The first-order valence-corrected chi connectivity index (χ1v) is 9.09. The molecular formula is C15H19N3O3S. The highest BCUT2D eigenvalue weighted by Gasteiger charge is 2.31. The van der Waals surface area contributed by atoms with Crippen LogP contribution < -0.4 is 4.74 Å². The summed E-state index contributed by atoms with van der Waals surface area (Å²) < 4.78 is 24.0. The quantitative estimate of drug-likeness (QED) is 0.853. The minimum Gasteiger partial charge on any atom is -0.479 e. The number of nitrogens with zero attached hydrogens (tertiary/aromatic N) is 2. The molecule has 0 aliphatic carbocycles. The Morgan fingerprint density at radius 2 is 2.09 bits per heavy atom. The Hall–Kier alpha value is -2.07. The molecule has 2 rings (SSSR count). The molecule has 0 bridgehead atoms. The molecule has 1 amide bonds. The van der Waals surface area contributed by atoms with E-state index in [4.69, 9.17) is 14.8 Å². The highest BCUT2D eigenvalue weighted by molar-refractivity contribution is 7.91. The summed E-state index contributed by atoms with van der Waals surface area (Å²) in [6, 6.07) is 9.00. The first-order valence-electron chi connectivity index (χ1n) is 6.95. The number of benzene rings is 1. The SMILES string of the molecule is CS(=N)(=O)CC1CN(C(=O)Cc2ccc(OCC#N)cc2)C1. The number of carbonyl (C=O) groups is 1. The number of likely N-dealkylation sites (tertiary alicyclic amines) is 1. The molecule has 1 heterocycles. The monoisotopic (exact) mass is 321 g/mol. The average molecular weight is 321 g/mol. The van der Waals surface area contributed by atoms with E-state index < -0.39 is 9.73 Å². The van der Waals surface area contributed by atoms with Crippen molar-refractivity contribution in [2.45, 2.75) is 6.42 Å². The predicted molar refractivity (Wildman–Crippen MR) is 83.0 cm³/mol. The van der Waals surface area contributed by atoms with Crippen LogP contribution >= 0.6 is 0 Å². The lowest BCUT2D eigenvalue weighted by atomic mass is 10.0. The van der Waals surface area contributed by atoms with Crippen LogP contribution in [0.1, 0.15) is 5.56 Å². The summed E-state index contributed by atoms with van der Waals surface area (Å²) in [6.45, 7) is 1.18. The minimum absolute atomic E-state index is 0.00403. The Kier molecular flexibility index (Phi) is 5.03. The topological polar surface area (TPSA) is 94.2 Å². The maximum atomic E-state index is 12.1. The summed E-state index contributed by atoms with van der Waals surface area (Å²) in [4.78, 5) is 13.8. The molecule has 1 saturated heterocycles. The predicted octanol–water partition coefficient (Wildman–Crippen LogP) is 1.27. The maximum absolute atomic E-state index is 12.1. The molecular weight excluding hydrogens is 302 g/mol. The highest BCUT2D eigenvalue weighted by Crippen LogP contribution is 2.19. The molecule has 1 atom stereocenters. The van der Waals surface area contributed by atoms with Gasteiger partial charge in [0.05, 0.1) is 6.42 Å². The smallest absolute Gasteiger partial charge is 0.227 e. The van der Waals surface area contributed by atoms with Gasteiger partial charge in [-0.25, -0.2) is 0 Å². The summed E-state index contributed by atoms with van der Waals surface area (Å²) in [7, 11) is -2.48. The van der Waals surface area contributed by atoms with Crippen molar-refractivity contribution in [1.82, 2.24) is 4.90 Å². The number of hydrogen-bond acceptors (Lipinski definition) is 5. The number of amides is 1. The zero-order chi connectivity index (χ0) is 16.2. The van der Waals surface area contributed by atoms with Gasteiger partial charge in [-0.05, 0) is 17.7 Å². The van der Waals surface area contributed by atoms with E-state index in [1.54, 1.807) is 17.0 Å². The molecule has 0 saturated carbocycles. The van der Waals surface area contributed by atoms with Crippen LogP contribution in [-0.2, 0) is 20.9 Å². The molecule has 22 heavy (non-hydrogen) atoms. The van der Waals surface area contributed by atoms with Gasteiger partial charge in [0.25, 0.3) is 0 Å². The normalized spacial score (nSPS) is 17.2. The van der Waals surface area contributed by atoms with Crippen molar-refractivity contribution in [3.63, 3.8) is 0 Å². The van der Waals surface area contributed by atoms with E-state index in [0.29, 0.717) is 31.0 Å². The second kappa shape index (κ2) is 6.79. The summed E-state index contributed by atoms with van der Waals surface area (Å²) in [5.74, 6) is 1.19. The summed E-state index contributed by atoms with van der Waals surface area (Å²) in [5, 5.41) is 8.43. The van der Waals surface area contributed by atoms with Crippen LogP contribution in [0.2, 0.25) is 0 Å². The van der Waals surface area contributed by atoms with Crippen molar-refractivity contribution in [3.8, 4) is 11.8 Å². The van der Waals surface area contributed by atoms with Gasteiger partial charge >= 0.3 is 0 Å². The van der Waals surface area contributed by atoms with Crippen LogP contribution in [-0.4, -0.2) is 46.7 Å². The van der Waals surface area contributed by atoms with Crippen LogP contribution in [0.5, 0.6) is 5.75 Å². The van der Waals surface area contributed by atoms with Crippen molar-refractivity contribution in [2.24, 2.45) is 5.92 Å². The number of hydrogen-bond donors (Lipinski definition) is 1. The molecule has 1 aromatic rings. The molecule has 1 unspecified atom stereocenters. The van der Waals surface area contributed by atoms with E-state index in [1.165, 1.54) is 6.26 Å². The number of rotatable bonds is 6. The number of ether oxygens (including phenoxy) is 1. The first-order chi connectivity index (χ1) is 10.4. The highest BCUT2D eigenvalue weighted by atomic mass is 32.2. The second-order valence-corrected chi connectivity index (χ2v) is 7.95. The van der Waals surface area contributed by atoms with E-state index in [-0.39, 0.29) is 18.4 Å². The molecule has 1 aliphatic rings. The van der Waals surface area contributed by atoms with Crippen molar-refractivity contribution in [3.05, 3.63) is 29.8 Å². The van der Waals surface area contributed by atoms with E-state index >= 15 is 0 Å². The lowest BCUT2D eigenvalue weighted by Crippen LogP contribution is -2.52. The van der Waals surface area contributed by atoms with E-state index in [1.807, 2.05) is 18.2 Å². The van der Waals surface area contributed by atoms with Gasteiger partial charge in [0.15, 0.2) is 6.61 Å². The maximum Gasteiger partial charge on any atom is 0.227 e. The Morgan fingerprint density at radius 1 is 1.45 bits per heavy atom. The van der Waals surface area contributed by atoms with E-state index in [9.17, 15) is 9.00 Å². The molecule has 1 fully saturated rings. The number of nitriles is 1. The van der Waals surface area contributed by atoms with Crippen molar-refractivity contribution >= 4 is 15.6 Å². The van der Waals surface area contributed by atoms with Crippen molar-refractivity contribution in [1.29, 1.82) is 10.0 Å². The van der Waals surface area contributed by atoms with Gasteiger partial charge in [0, 0.05) is 40.7 Å². The average Bonchev–Trinajstić information content (AvgIpc) is 2.40. The van der Waals surface area contributed by atoms with Crippen LogP contribution in [0.4, 0.5) is 0 Å². The summed E-state index contributed by atoms with van der Waals surface area (Å²) >= 11 is 0. The lowest BCUT2D eigenvalue weighted by molar-refractivity contribution is -0.136. The molecule has 0 aromatic heterocycles. The van der Waals surface area contributed by atoms with E-state index in [0.717, 1.165) is 5.56 Å². The van der Waals surface area contributed by atoms with Gasteiger partial charge in [-0.15, -0.1) is 0 Å². The standard InChI is InChI=1S/C15H19N3O3S/c1-22(17,20)11-13-9-18(10-13)15(19)8-12-2-4-14(5-3-12)21-7-6-16/h2-5,13,17H,7-11H2,1H3. The van der Waals surface area contributed by atoms with Crippen molar-refractivity contribution < 1.29 is 13.7 Å². The molecule has 7 heteroatoms. The van der Waals surface area contributed by atoms with Gasteiger partial charge in [-0.1, -0.05) is 12.1 Å². The molecule has 1 aromatic carbocycles. The van der Waals surface area contributed by atoms with Crippen LogP contribution in [0.3, 0.4) is 0 Å². The van der Waals surface area contributed by atoms with Gasteiger partial charge < -0.3 is 9.64 Å². The minimum atomic E-state index is -2.48. The fraction of sp³-hybridized carbons (Fsp3) is 0.467. The first kappa shape index (κ1) is 16.3. The Morgan fingerprint density at radius 3 is 2.64 bits per heavy atom. The van der Waals surface area contributed by atoms with Gasteiger partial charge in [0.2, 0.25) is 5.91 Å². The Bertz CT molecular complexity index is 671. The molecule has 118 valence electrons. The Labute approximate surface area is 130 Å². The molecule has 0 radical (unpaired) electrons. The Balaban J connectivity index is 1.80. The zero-order valence-corrected chi connectivity index (χ0v) is 13.3. The third-order valence-electron chi connectivity index (χ3n) is 3.45. The zero-order valence-electron chi connectivity index (χ0n) is 12.4. The lowest BCUT2D eigenvalue weighted by Gasteiger charge is -2.39. The molecule has 0 spiro atoms. The summed E-state index contributed by atoms with van der Waals surface area (Å²) in [5.41, 5.74) is 0.887. The van der Waals surface area contributed by atoms with Gasteiger partial charge in [0.1, 0.15) is 11.8 Å². The third-order valence-corrected chi connectivity index (χ3v) is 4.55. The molecule has 6 nitrogen and oxygen atoms in total. The van der Waals surface area contributed by atoms with Gasteiger partial charge in [-0.3, -0.25) is 13.8 Å². The fourth-order valence-corrected chi connectivity index (χ4v) is 3.54. The molecule has 1 aliphatic heterocycles. The second-order valence-electron chi connectivity index (χ2n) is 5.60. The molecule has 1 N–H and O–H groups in total. The largest absolute Gasteiger partial charge is 0.479 e. The third kappa shape index (κ3) is 4.74. The van der Waals surface area contributed by atoms with Crippen molar-refractivity contribution in [2.75, 3.05) is 31.7 Å². The van der Waals surface area contributed by atoms with Crippen LogP contribution in [0, 0.1) is 22.0 Å². The number of nitrogens with one attached hydrogen (secondary N) is 1. The summed E-state index contributed by atoms with van der Waals surface area (Å²) in [6.07, 6.45) is 1.75. The number of carbonyl (C=O) groups excluding carboxylic acids is 1. The fourth-order valence-electron chi connectivity index (χ4n) is 2.43. The van der Waals surface area contributed by atoms with Crippen LogP contribution in [0.15, 0.2) is 24.3 Å².